The van der Waals surface area contributed by atoms with Crippen molar-refractivity contribution in [2.75, 3.05) is 38.2 Å². The van der Waals surface area contributed by atoms with Crippen molar-refractivity contribution in [3.8, 4) is 11.4 Å². The molecule has 0 atom stereocenters. The Morgan fingerprint density at radius 2 is 1.90 bits per heavy atom. The predicted molar refractivity (Wildman–Crippen MR) is 114 cm³/mol. The van der Waals surface area contributed by atoms with Crippen LogP contribution < -0.4 is 15.2 Å². The Labute approximate surface area is 172 Å². The quantitative estimate of drug-likeness (QED) is 0.661. The molecule has 1 fully saturated rings. The molecule has 150 valence electrons. The zero-order chi connectivity index (χ0) is 20.4. The first kappa shape index (κ1) is 19.2. The lowest BCUT2D eigenvalue weighted by Gasteiger charge is -2.34. The van der Waals surface area contributed by atoms with Crippen molar-refractivity contribution in [2.24, 2.45) is 0 Å². The number of carbonyl (C=O) groups excluding carboxylic acids is 1. The van der Waals surface area contributed by atoms with E-state index >= 15 is 0 Å². The molecule has 0 unspecified atom stereocenters. The summed E-state index contributed by atoms with van der Waals surface area (Å²) in [4.78, 5) is 34.7. The first-order valence-corrected chi connectivity index (χ1v) is 10.3. The summed E-state index contributed by atoms with van der Waals surface area (Å²) in [6.45, 7) is 4.31. The summed E-state index contributed by atoms with van der Waals surface area (Å²) in [5.41, 5.74) is 1.17. The number of piperazine rings is 1. The summed E-state index contributed by atoms with van der Waals surface area (Å²) >= 11 is 1.59. The number of carbonyl (C=O) groups is 1. The minimum Gasteiger partial charge on any atom is -0.495 e. The Kier molecular flexibility index (Phi) is 5.35. The van der Waals surface area contributed by atoms with E-state index in [1.807, 2.05) is 17.5 Å². The first-order chi connectivity index (χ1) is 14.1. The van der Waals surface area contributed by atoms with Crippen molar-refractivity contribution in [3.05, 3.63) is 69.6 Å². The number of thiazole rings is 1. The fourth-order valence-corrected chi connectivity index (χ4v) is 4.23. The number of amides is 1. The molecule has 1 saturated heterocycles. The lowest BCUT2D eigenvalue weighted by molar-refractivity contribution is 0.0744. The van der Waals surface area contributed by atoms with E-state index in [1.54, 1.807) is 60.9 Å². The molecule has 0 N–H and O–H groups in total. The highest BCUT2D eigenvalue weighted by Crippen LogP contribution is 2.22. The lowest BCUT2D eigenvalue weighted by Crippen LogP contribution is -2.50. The number of rotatable bonds is 4. The van der Waals surface area contributed by atoms with Crippen molar-refractivity contribution in [1.29, 1.82) is 0 Å². The van der Waals surface area contributed by atoms with Crippen LogP contribution in [0.5, 0.6) is 5.75 Å². The van der Waals surface area contributed by atoms with Crippen molar-refractivity contribution >= 4 is 22.4 Å². The average Bonchev–Trinajstić information content (AvgIpc) is 3.29. The van der Waals surface area contributed by atoms with Crippen molar-refractivity contribution in [1.82, 2.24) is 14.5 Å². The molecule has 0 spiro atoms. The second-order valence-electron chi connectivity index (χ2n) is 6.81. The summed E-state index contributed by atoms with van der Waals surface area (Å²) in [7, 11) is 1.56. The first-order valence-electron chi connectivity index (χ1n) is 9.39. The Morgan fingerprint density at radius 1 is 1.14 bits per heavy atom. The van der Waals surface area contributed by atoms with Crippen LogP contribution >= 0.6 is 11.3 Å². The van der Waals surface area contributed by atoms with Gasteiger partial charge in [-0.2, -0.15) is 0 Å². The monoisotopic (exact) mass is 410 g/mol. The van der Waals surface area contributed by atoms with Gasteiger partial charge in [0.15, 0.2) is 5.13 Å². The molecule has 1 amide bonds. The van der Waals surface area contributed by atoms with Crippen LogP contribution in [-0.2, 0) is 0 Å². The summed E-state index contributed by atoms with van der Waals surface area (Å²) in [5, 5.41) is 2.91. The van der Waals surface area contributed by atoms with Crippen LogP contribution in [0.1, 0.15) is 15.9 Å². The Balaban J connectivity index is 1.62. The van der Waals surface area contributed by atoms with Crippen molar-refractivity contribution < 1.29 is 9.53 Å². The van der Waals surface area contributed by atoms with Gasteiger partial charge in [-0.3, -0.25) is 14.2 Å². The summed E-state index contributed by atoms with van der Waals surface area (Å²) in [5.74, 6) is 0.351. The van der Waals surface area contributed by atoms with Gasteiger partial charge in [-0.1, -0.05) is 12.1 Å². The van der Waals surface area contributed by atoms with E-state index in [9.17, 15) is 9.59 Å². The Morgan fingerprint density at radius 3 is 2.59 bits per heavy atom. The Hall–Kier alpha value is -3.13. The summed E-state index contributed by atoms with van der Waals surface area (Å²) < 4.78 is 6.86. The van der Waals surface area contributed by atoms with Crippen LogP contribution in [0.15, 0.2) is 52.9 Å². The largest absolute Gasteiger partial charge is 0.495 e. The van der Waals surface area contributed by atoms with Gasteiger partial charge in [-0.05, 0) is 30.7 Å². The van der Waals surface area contributed by atoms with E-state index in [1.165, 1.54) is 4.57 Å². The minimum atomic E-state index is -0.332. The highest BCUT2D eigenvalue weighted by molar-refractivity contribution is 7.13. The molecule has 7 nitrogen and oxygen atoms in total. The zero-order valence-electron chi connectivity index (χ0n) is 16.4. The lowest BCUT2D eigenvalue weighted by atomic mass is 10.1. The SMILES string of the molecule is COc1ccccc1-n1ccc(C)c(C(=O)N2CCN(c3nccs3)CC2)c1=O. The normalized spacial score (nSPS) is 14.1. The fourth-order valence-electron chi connectivity index (χ4n) is 3.54. The van der Waals surface area contributed by atoms with E-state index in [0.717, 1.165) is 5.13 Å². The topological polar surface area (TPSA) is 67.7 Å². The molecule has 1 aromatic carbocycles. The summed E-state index contributed by atoms with van der Waals surface area (Å²) in [6, 6.07) is 9.07. The fraction of sp³-hybridized carbons (Fsp3) is 0.286. The molecule has 3 aromatic rings. The number of para-hydroxylation sites is 2. The van der Waals surface area contributed by atoms with Gasteiger partial charge in [-0.25, -0.2) is 4.98 Å². The van der Waals surface area contributed by atoms with Gasteiger partial charge in [-0.15, -0.1) is 11.3 Å². The maximum absolute atomic E-state index is 13.2. The van der Waals surface area contributed by atoms with Crippen LogP contribution in [0, 0.1) is 6.92 Å². The average molecular weight is 410 g/mol. The van der Waals surface area contributed by atoms with Gasteiger partial charge < -0.3 is 14.5 Å². The number of nitrogens with zero attached hydrogens (tertiary/aromatic N) is 4. The highest BCUT2D eigenvalue weighted by atomic mass is 32.1. The van der Waals surface area contributed by atoms with Crippen LogP contribution in [-0.4, -0.2) is 53.6 Å². The molecule has 0 saturated carbocycles. The molecular weight excluding hydrogens is 388 g/mol. The van der Waals surface area contributed by atoms with Gasteiger partial charge in [0.05, 0.1) is 12.8 Å². The molecule has 8 heteroatoms. The molecule has 2 aromatic heterocycles. The van der Waals surface area contributed by atoms with E-state index < -0.39 is 0 Å². The standard InChI is InChI=1S/C21H22N4O3S/c1-15-7-9-25(16-5-3-4-6-17(16)28-2)20(27)18(15)19(26)23-10-12-24(13-11-23)21-22-8-14-29-21/h3-9,14H,10-13H2,1-2H3. The third-order valence-corrected chi connectivity index (χ3v) is 5.95. The van der Waals surface area contributed by atoms with Gasteiger partial charge in [0.25, 0.3) is 11.5 Å². The number of ether oxygens (including phenoxy) is 1. The van der Waals surface area contributed by atoms with Gasteiger partial charge >= 0.3 is 0 Å². The number of methoxy groups -OCH3 is 1. The number of benzene rings is 1. The predicted octanol–water partition coefficient (Wildman–Crippen LogP) is 2.57. The number of pyridine rings is 1. The third-order valence-electron chi connectivity index (χ3n) is 5.12. The number of hydrogen-bond acceptors (Lipinski definition) is 6. The smallest absolute Gasteiger partial charge is 0.268 e. The molecule has 3 heterocycles. The van der Waals surface area contributed by atoms with Crippen LogP contribution in [0.4, 0.5) is 5.13 Å². The van der Waals surface area contributed by atoms with Gasteiger partial charge in [0.2, 0.25) is 0 Å². The second kappa shape index (κ2) is 8.08. The molecule has 0 radical (unpaired) electrons. The molecule has 0 aliphatic carbocycles. The maximum Gasteiger partial charge on any atom is 0.268 e. The number of aryl methyl sites for hydroxylation is 1. The molecule has 0 bridgehead atoms. The number of hydrogen-bond donors (Lipinski definition) is 0. The van der Waals surface area contributed by atoms with Crippen LogP contribution in [0.25, 0.3) is 5.69 Å². The maximum atomic E-state index is 13.2. The zero-order valence-corrected chi connectivity index (χ0v) is 17.2. The van der Waals surface area contributed by atoms with E-state index in [-0.39, 0.29) is 17.0 Å². The van der Waals surface area contributed by atoms with Crippen LogP contribution in [0.2, 0.25) is 0 Å². The second-order valence-corrected chi connectivity index (χ2v) is 7.69. The molecule has 1 aliphatic rings. The summed E-state index contributed by atoms with van der Waals surface area (Å²) in [6.07, 6.45) is 3.47. The molecule has 1 aliphatic heterocycles. The van der Waals surface area contributed by atoms with E-state index in [4.69, 9.17) is 4.74 Å². The Bertz CT molecular complexity index is 1070. The highest BCUT2D eigenvalue weighted by Gasteiger charge is 2.27. The van der Waals surface area contributed by atoms with Crippen molar-refractivity contribution in [3.63, 3.8) is 0 Å². The van der Waals surface area contributed by atoms with E-state index in [2.05, 4.69) is 9.88 Å². The van der Waals surface area contributed by atoms with E-state index in [0.29, 0.717) is 43.2 Å². The minimum absolute atomic E-state index is 0.209. The molecule has 4 rings (SSSR count). The molecular formula is C21H22N4O3S. The number of aromatic nitrogens is 2. The van der Waals surface area contributed by atoms with Gasteiger partial charge in [0, 0.05) is 44.0 Å². The number of anilines is 1. The van der Waals surface area contributed by atoms with Crippen molar-refractivity contribution in [2.45, 2.75) is 6.92 Å². The van der Waals surface area contributed by atoms with Gasteiger partial charge in [0.1, 0.15) is 11.3 Å². The third kappa shape index (κ3) is 3.63. The molecule has 29 heavy (non-hydrogen) atoms. The van der Waals surface area contributed by atoms with Crippen LogP contribution in [0.3, 0.4) is 0 Å².